The van der Waals surface area contributed by atoms with Crippen LogP contribution in [-0.2, 0) is 19.8 Å². The lowest BCUT2D eigenvalue weighted by atomic mass is 9.81. The Bertz CT molecular complexity index is 862. The van der Waals surface area contributed by atoms with Gasteiger partial charge >= 0.3 is 0 Å². The van der Waals surface area contributed by atoms with Crippen molar-refractivity contribution < 1.29 is 18.9 Å². The Hall–Kier alpha value is -2.48. The molecular weight excluding hydrogens is 402 g/mol. The Kier molecular flexibility index (Phi) is 4.95. The molecule has 26 heavy (non-hydrogen) atoms. The summed E-state index contributed by atoms with van der Waals surface area (Å²) in [4.78, 5) is 38.4. The fourth-order valence-electron chi connectivity index (χ4n) is 3.00. The van der Waals surface area contributed by atoms with Crippen LogP contribution in [0.5, 0.6) is 0 Å². The molecule has 1 N–H and O–H groups in total. The van der Waals surface area contributed by atoms with Crippen molar-refractivity contribution in [3.63, 3.8) is 0 Å². The second kappa shape index (κ2) is 7.03. The van der Waals surface area contributed by atoms with Crippen LogP contribution in [0.25, 0.3) is 0 Å². The predicted molar refractivity (Wildman–Crippen MR) is 97.3 cm³/mol. The third-order valence-electron chi connectivity index (χ3n) is 4.46. The number of carbonyl (C=O) groups excluding carboxylic acids is 3. The number of benzene rings is 1. The number of nitrogens with one attached hydrogen (secondary N) is 1. The van der Waals surface area contributed by atoms with Gasteiger partial charge in [0.05, 0.1) is 5.41 Å². The molecule has 3 amide bonds. The lowest BCUT2D eigenvalue weighted by Gasteiger charge is -2.22. The number of carbonyl (C=O) groups is 3. The fourth-order valence-corrected chi connectivity index (χ4v) is 3.26. The summed E-state index contributed by atoms with van der Waals surface area (Å²) in [6.45, 7) is 3.51. The molecule has 1 unspecified atom stereocenters. The predicted octanol–water partition coefficient (Wildman–Crippen LogP) is 2.79. The van der Waals surface area contributed by atoms with Crippen molar-refractivity contribution in [2.75, 3.05) is 11.9 Å². The Morgan fingerprint density at radius 3 is 2.65 bits per heavy atom. The quantitative estimate of drug-likeness (QED) is 0.752. The number of likely N-dealkylation sites (tertiary alicyclic amines) is 1. The summed E-state index contributed by atoms with van der Waals surface area (Å²) in [5, 5.41) is 6.25. The zero-order chi connectivity index (χ0) is 18.9. The monoisotopic (exact) mass is 419 g/mol. The van der Waals surface area contributed by atoms with Gasteiger partial charge in [-0.2, -0.15) is 0 Å². The highest BCUT2D eigenvalue weighted by Crippen LogP contribution is 2.36. The van der Waals surface area contributed by atoms with Gasteiger partial charge in [-0.05, 0) is 31.5 Å². The van der Waals surface area contributed by atoms with Gasteiger partial charge in [-0.3, -0.25) is 19.3 Å². The molecule has 2 aromatic rings. The maximum absolute atomic E-state index is 12.8. The van der Waals surface area contributed by atoms with E-state index in [1.54, 1.807) is 19.9 Å². The first kappa shape index (κ1) is 18.3. The van der Waals surface area contributed by atoms with Crippen molar-refractivity contribution in [2.45, 2.75) is 32.1 Å². The average Bonchev–Trinajstić information content (AvgIpc) is 3.08. The summed E-state index contributed by atoms with van der Waals surface area (Å²) in [7, 11) is 0. The maximum atomic E-state index is 12.8. The van der Waals surface area contributed by atoms with Crippen LogP contribution < -0.4 is 5.32 Å². The van der Waals surface area contributed by atoms with Crippen LogP contribution >= 0.6 is 15.9 Å². The number of imide groups is 1. The number of amides is 3. The summed E-state index contributed by atoms with van der Waals surface area (Å²) in [5.74, 6) is -0.00159. The molecule has 8 heteroatoms. The Labute approximate surface area is 158 Å². The lowest BCUT2D eigenvalue weighted by molar-refractivity contribution is -0.139. The molecule has 0 aliphatic carbocycles. The van der Waals surface area contributed by atoms with Crippen molar-refractivity contribution in [3.8, 4) is 0 Å². The van der Waals surface area contributed by atoms with E-state index in [1.807, 2.05) is 24.3 Å². The molecule has 7 nitrogen and oxygen atoms in total. The van der Waals surface area contributed by atoms with Gasteiger partial charge in [0.25, 0.3) is 0 Å². The summed E-state index contributed by atoms with van der Waals surface area (Å²) in [6.07, 6.45) is 0.0946. The van der Waals surface area contributed by atoms with Crippen molar-refractivity contribution in [1.29, 1.82) is 0 Å². The zero-order valence-electron chi connectivity index (χ0n) is 14.4. The van der Waals surface area contributed by atoms with E-state index in [9.17, 15) is 14.4 Å². The number of aromatic nitrogens is 1. The molecule has 1 aromatic carbocycles. The number of rotatable bonds is 5. The molecular formula is C18H18BrN3O4. The molecule has 1 saturated heterocycles. The fraction of sp³-hybridized carbons (Fsp3) is 0.333. The standard InChI is InChI=1S/C18H18BrN3O4/c1-11-9-14(21-26-11)20-15(23)7-8-22-16(24)10-18(2,17(22)25)12-3-5-13(19)6-4-12/h3-6,9H,7-8,10H2,1-2H3,(H,20,21,23). The highest BCUT2D eigenvalue weighted by atomic mass is 79.9. The first-order chi connectivity index (χ1) is 12.3. The summed E-state index contributed by atoms with van der Waals surface area (Å²) in [6, 6.07) is 8.94. The first-order valence-corrected chi connectivity index (χ1v) is 8.93. The number of hydrogen-bond acceptors (Lipinski definition) is 5. The van der Waals surface area contributed by atoms with Crippen LogP contribution in [-0.4, -0.2) is 34.3 Å². The van der Waals surface area contributed by atoms with Gasteiger partial charge in [0.15, 0.2) is 5.82 Å². The Balaban J connectivity index is 1.65. The second-order valence-electron chi connectivity index (χ2n) is 6.49. The van der Waals surface area contributed by atoms with Crippen LogP contribution in [0.2, 0.25) is 0 Å². The Morgan fingerprint density at radius 2 is 2.04 bits per heavy atom. The van der Waals surface area contributed by atoms with E-state index in [-0.39, 0.29) is 37.1 Å². The van der Waals surface area contributed by atoms with Crippen LogP contribution in [0.3, 0.4) is 0 Å². The third kappa shape index (κ3) is 3.55. The van der Waals surface area contributed by atoms with Crippen molar-refractivity contribution in [3.05, 3.63) is 46.1 Å². The van der Waals surface area contributed by atoms with E-state index in [1.165, 1.54) is 0 Å². The summed E-state index contributed by atoms with van der Waals surface area (Å²) in [5.41, 5.74) is -0.124. The number of aryl methyl sites for hydroxylation is 1. The van der Waals surface area contributed by atoms with Gasteiger partial charge in [-0.25, -0.2) is 0 Å². The molecule has 0 saturated carbocycles. The highest BCUT2D eigenvalue weighted by Gasteiger charge is 2.49. The SMILES string of the molecule is Cc1cc(NC(=O)CCN2C(=O)CC(C)(c3ccc(Br)cc3)C2=O)no1. The van der Waals surface area contributed by atoms with Gasteiger partial charge < -0.3 is 9.84 Å². The van der Waals surface area contributed by atoms with Crippen molar-refractivity contribution >= 4 is 39.5 Å². The molecule has 1 atom stereocenters. The molecule has 2 heterocycles. The van der Waals surface area contributed by atoms with Crippen LogP contribution in [0, 0.1) is 6.92 Å². The van der Waals surface area contributed by atoms with Gasteiger partial charge in [0, 0.05) is 29.9 Å². The Morgan fingerprint density at radius 1 is 1.35 bits per heavy atom. The zero-order valence-corrected chi connectivity index (χ0v) is 16.0. The minimum Gasteiger partial charge on any atom is -0.360 e. The van der Waals surface area contributed by atoms with Gasteiger partial charge in [-0.1, -0.05) is 33.2 Å². The minimum absolute atomic E-state index is 0.000193. The van der Waals surface area contributed by atoms with Crippen molar-refractivity contribution in [2.24, 2.45) is 0 Å². The van der Waals surface area contributed by atoms with E-state index >= 15 is 0 Å². The largest absolute Gasteiger partial charge is 0.360 e. The topological polar surface area (TPSA) is 92.5 Å². The van der Waals surface area contributed by atoms with Crippen molar-refractivity contribution in [1.82, 2.24) is 10.1 Å². The molecule has 1 aliphatic heterocycles. The molecule has 0 bridgehead atoms. The molecule has 0 radical (unpaired) electrons. The second-order valence-corrected chi connectivity index (χ2v) is 7.40. The van der Waals surface area contributed by atoms with Crippen LogP contribution in [0.15, 0.2) is 39.3 Å². The normalized spacial score (nSPS) is 19.9. The van der Waals surface area contributed by atoms with E-state index < -0.39 is 5.41 Å². The molecule has 3 rings (SSSR count). The molecule has 136 valence electrons. The number of anilines is 1. The third-order valence-corrected chi connectivity index (χ3v) is 4.99. The number of nitrogens with zero attached hydrogens (tertiary/aromatic N) is 2. The molecule has 1 fully saturated rings. The molecule has 0 spiro atoms. The van der Waals surface area contributed by atoms with Gasteiger partial charge in [0.1, 0.15) is 5.76 Å². The van der Waals surface area contributed by atoms with Gasteiger partial charge in [0.2, 0.25) is 17.7 Å². The summed E-state index contributed by atoms with van der Waals surface area (Å²) >= 11 is 3.36. The van der Waals surface area contributed by atoms with Crippen LogP contribution in [0.1, 0.15) is 31.1 Å². The van der Waals surface area contributed by atoms with E-state index in [2.05, 4.69) is 26.4 Å². The molecule has 1 aliphatic rings. The maximum Gasteiger partial charge on any atom is 0.240 e. The number of halogens is 1. The first-order valence-electron chi connectivity index (χ1n) is 8.13. The lowest BCUT2D eigenvalue weighted by Crippen LogP contribution is -2.38. The highest BCUT2D eigenvalue weighted by molar-refractivity contribution is 9.10. The minimum atomic E-state index is -0.905. The molecule has 1 aromatic heterocycles. The van der Waals surface area contributed by atoms with E-state index in [0.29, 0.717) is 11.6 Å². The smallest absolute Gasteiger partial charge is 0.240 e. The average molecular weight is 420 g/mol. The summed E-state index contributed by atoms with van der Waals surface area (Å²) < 4.78 is 5.78. The number of hydrogen-bond donors (Lipinski definition) is 1. The van der Waals surface area contributed by atoms with Gasteiger partial charge in [-0.15, -0.1) is 0 Å². The van der Waals surface area contributed by atoms with E-state index in [0.717, 1.165) is 14.9 Å². The van der Waals surface area contributed by atoms with Crippen LogP contribution in [0.4, 0.5) is 5.82 Å². The van der Waals surface area contributed by atoms with E-state index in [4.69, 9.17) is 4.52 Å².